The van der Waals surface area contributed by atoms with E-state index in [1.807, 2.05) is 109 Å². The second-order valence-corrected chi connectivity index (χ2v) is 33.4. The third-order valence-corrected chi connectivity index (χ3v) is 18.2. The molecule has 107 heavy (non-hydrogen) atoms. The molecule has 0 radical (unpaired) electrons. The van der Waals surface area contributed by atoms with Gasteiger partial charge < -0.3 is 48.6 Å². The Hall–Kier alpha value is -6.77. The van der Waals surface area contributed by atoms with Gasteiger partial charge in [0.25, 0.3) is 0 Å². The van der Waals surface area contributed by atoms with Gasteiger partial charge in [-0.15, -0.1) is 46.4 Å². The van der Waals surface area contributed by atoms with Gasteiger partial charge in [0, 0.05) is 97.9 Å². The highest BCUT2D eigenvalue weighted by Gasteiger charge is 2.18. The van der Waals surface area contributed by atoms with E-state index in [0.717, 1.165) is 94.2 Å². The van der Waals surface area contributed by atoms with E-state index in [9.17, 15) is 4.21 Å². The van der Waals surface area contributed by atoms with Crippen LogP contribution in [-0.2, 0) is 46.0 Å². The van der Waals surface area contributed by atoms with Crippen molar-refractivity contribution in [1.82, 2.24) is 9.55 Å². The summed E-state index contributed by atoms with van der Waals surface area (Å²) in [6, 6.07) is 80.8. The highest BCUT2D eigenvalue weighted by molar-refractivity contribution is 9.78. The molecule has 2 aromatic heterocycles. The number of aliphatic hydroxyl groups is 2. The Balaban J connectivity index is 0.000000252. The van der Waals surface area contributed by atoms with Gasteiger partial charge in [0.15, 0.2) is 7.67 Å². The molecule has 12 aromatic rings. The Kier molecular flexibility index (Phi) is 44.5. The third-order valence-electron chi connectivity index (χ3n) is 15.9. The van der Waals surface area contributed by atoms with Gasteiger partial charge in [0.05, 0.1) is 38.7 Å². The van der Waals surface area contributed by atoms with Gasteiger partial charge in [0.1, 0.15) is 47.7 Å². The molecule has 0 aliphatic carbocycles. The van der Waals surface area contributed by atoms with Gasteiger partial charge in [-0.1, -0.05) is 172 Å². The summed E-state index contributed by atoms with van der Waals surface area (Å²) >= 11 is 34.0. The minimum absolute atomic E-state index is 0. The van der Waals surface area contributed by atoms with Crippen LogP contribution in [0.5, 0.6) is 34.5 Å². The van der Waals surface area contributed by atoms with Crippen LogP contribution in [0.25, 0.3) is 44.3 Å². The normalized spacial score (nSPS) is 10.3. The molecule has 0 aliphatic heterocycles. The number of phenolic OH excluding ortho intramolecular Hbond substituents is 1. The van der Waals surface area contributed by atoms with Gasteiger partial charge in [-0.2, -0.15) is 0 Å². The number of aromatic hydroxyl groups is 1. The maximum atomic E-state index is 9.39. The molecule has 0 fully saturated rings. The monoisotopic (exact) mass is 1800 g/mol. The van der Waals surface area contributed by atoms with E-state index >= 15 is 0 Å². The van der Waals surface area contributed by atoms with Crippen LogP contribution in [0.15, 0.2) is 243 Å². The van der Waals surface area contributed by atoms with Gasteiger partial charge in [-0.3, -0.25) is 0 Å². The first-order valence-corrected chi connectivity index (χ1v) is 43.7. The van der Waals surface area contributed by atoms with Gasteiger partial charge >= 0.3 is 0 Å². The summed E-state index contributed by atoms with van der Waals surface area (Å²) in [6.45, 7) is 12.7. The molecule has 0 saturated carbocycles. The van der Waals surface area contributed by atoms with Crippen molar-refractivity contribution in [3.63, 3.8) is 0 Å². The van der Waals surface area contributed by atoms with Crippen LogP contribution in [0.4, 0.5) is 0 Å². The lowest BCUT2D eigenvalue weighted by molar-refractivity contribution is 0.281. The van der Waals surface area contributed by atoms with Crippen molar-refractivity contribution < 1.29 is 43.2 Å². The number of ether oxygens (including phenoxy) is 5. The van der Waals surface area contributed by atoms with Crippen LogP contribution in [0.1, 0.15) is 88.7 Å². The Morgan fingerprint density at radius 1 is 0.430 bits per heavy atom. The number of alkyl halides is 6. The quantitative estimate of drug-likeness (QED) is 0.0225. The SMILES string of the molecule is C.Cc1ccc2[nH]c(-c3ccc(OCc4ccccc4)cc3)c(C)c2c1.Cc1ccc2c(c1)c(C)c(-c1ccc(OCc3ccccc3)cc1)n2Cc1ccc(OCCCCl)cc1.ClCCCBr.ClCCCOc1ccc(CBr)cc1.O=S(Br)Br.OCc1ccc(O)cc1.OCc1ccc(OCCCCl)cc1. The number of aliphatic hydroxyl groups excluding tert-OH is 2. The topological polar surface area (TPSA) is 145 Å². The zero-order valence-electron chi connectivity index (χ0n) is 60.0. The maximum absolute atomic E-state index is 9.39. The number of fused-ring (bicyclic) bond motifs is 2. The predicted octanol–water partition coefficient (Wildman–Crippen LogP) is 25.3. The highest BCUT2D eigenvalue weighted by atomic mass is 79.9. The molecular formula is C87H96Br4Cl4N2O9S. The second-order valence-electron chi connectivity index (χ2n) is 24.0. The van der Waals surface area contributed by atoms with Crippen LogP contribution >= 0.6 is 108 Å². The molecule has 0 unspecified atom stereocenters. The molecule has 20 heteroatoms. The molecule has 0 saturated heterocycles. The lowest BCUT2D eigenvalue weighted by Crippen LogP contribution is -2.03. The molecule has 10 aromatic carbocycles. The van der Waals surface area contributed by atoms with E-state index in [2.05, 4.69) is 208 Å². The van der Waals surface area contributed by atoms with Crippen LogP contribution in [0.2, 0.25) is 0 Å². The number of halogens is 8. The average molecular weight is 1810 g/mol. The minimum Gasteiger partial charge on any atom is -0.508 e. The number of phenols is 1. The van der Waals surface area contributed by atoms with Crippen molar-refractivity contribution in [3.8, 4) is 57.0 Å². The first kappa shape index (κ1) is 90.8. The number of benzene rings is 10. The number of rotatable bonds is 27. The zero-order valence-corrected chi connectivity index (χ0v) is 70.2. The Labute approximate surface area is 687 Å². The summed E-state index contributed by atoms with van der Waals surface area (Å²) < 4.78 is 40.3. The molecule has 0 aliphatic rings. The summed E-state index contributed by atoms with van der Waals surface area (Å²) in [4.78, 5) is 3.54. The molecule has 570 valence electrons. The van der Waals surface area contributed by atoms with E-state index in [0.29, 0.717) is 50.7 Å². The fourth-order valence-electron chi connectivity index (χ4n) is 10.4. The highest BCUT2D eigenvalue weighted by Crippen LogP contribution is 2.36. The van der Waals surface area contributed by atoms with Crippen LogP contribution in [0, 0.1) is 27.7 Å². The number of aryl methyl sites for hydroxylation is 4. The molecule has 4 N–H and O–H groups in total. The fraction of sp³-hybridized carbons (Fsp3) is 0.264. The standard InChI is InChI=1S/C33H32ClNO2.C23H21NO.C10H12BrClO.C10H13ClO2.C7H8O2.C3H6BrCl.CH4.Br2OS/c1-24-9-18-32-31(21-24)25(2)33(35(32)22-26-10-14-29(15-11-26)36-20-6-19-34)28-12-16-30(17-13-28)37-23-27-7-4-3-5-8-27;1-16-8-13-22-21(14-16)17(2)23(24-22)19-9-11-20(12-10-19)25-15-18-6-4-3-5-7-18;11-8-9-2-4-10(5-3-9)13-7-1-6-12;11-6-1-7-13-10-4-2-9(8-12)3-5-10;8-5-6-1-3-7(9)4-2-6;4-2-1-3-5;;1-4(2)3/h3-5,7-18,21H,6,19-20,22-23H2,1-2H3;3-14,24H,15H2,1-2H3;2-5H,1,6-8H2;2-5,12H,1,6-8H2;1-4,8-9H,5H2;1-3H2;1H4;. The maximum Gasteiger partial charge on any atom is 0.158 e. The third kappa shape index (κ3) is 33.1. The molecule has 12 rings (SSSR count). The number of nitrogens with one attached hydrogen (secondary N) is 1. The smallest absolute Gasteiger partial charge is 0.158 e. The van der Waals surface area contributed by atoms with E-state index in [4.69, 9.17) is 85.4 Å². The first-order chi connectivity index (χ1) is 51.5. The van der Waals surface area contributed by atoms with Crippen molar-refractivity contribution in [1.29, 1.82) is 0 Å². The minimum atomic E-state index is -0.986. The molecular weight excluding hydrogens is 1710 g/mol. The summed E-state index contributed by atoms with van der Waals surface area (Å²) in [5, 5.41) is 30.6. The summed E-state index contributed by atoms with van der Waals surface area (Å²) in [7, 11) is -0.986. The predicted molar refractivity (Wildman–Crippen MR) is 467 cm³/mol. The number of nitrogens with zero attached hydrogens (tertiary/aromatic N) is 1. The fourth-order valence-corrected chi connectivity index (χ4v) is 11.9. The average Bonchev–Trinajstić information content (AvgIpc) is 1.61. The number of aromatic nitrogens is 2. The molecule has 0 atom stereocenters. The van der Waals surface area contributed by atoms with E-state index < -0.39 is 7.67 Å². The van der Waals surface area contributed by atoms with Crippen LogP contribution in [-0.4, -0.2) is 77.8 Å². The van der Waals surface area contributed by atoms with Crippen molar-refractivity contribution in [2.24, 2.45) is 0 Å². The largest absolute Gasteiger partial charge is 0.508 e. The zero-order chi connectivity index (χ0) is 76.3. The van der Waals surface area contributed by atoms with Crippen molar-refractivity contribution in [2.45, 2.75) is 99.1 Å². The van der Waals surface area contributed by atoms with E-state index in [-0.39, 0.29) is 26.4 Å². The number of hydrogen-bond donors (Lipinski definition) is 4. The Bertz CT molecular complexity index is 4350. The summed E-state index contributed by atoms with van der Waals surface area (Å²) in [5.74, 6) is 7.25. The lowest BCUT2D eigenvalue weighted by atomic mass is 10.1. The van der Waals surface area contributed by atoms with Crippen LogP contribution in [0.3, 0.4) is 0 Å². The molecule has 2 heterocycles. The summed E-state index contributed by atoms with van der Waals surface area (Å²) in [6.07, 6.45) is 3.66. The summed E-state index contributed by atoms with van der Waals surface area (Å²) in [5.41, 5.74) is 18.8. The van der Waals surface area contributed by atoms with E-state index in [1.54, 1.807) is 24.3 Å². The number of H-pyrrole nitrogens is 1. The van der Waals surface area contributed by atoms with Gasteiger partial charge in [0.2, 0.25) is 0 Å². The number of aromatic amines is 1. The van der Waals surface area contributed by atoms with Gasteiger partial charge in [-0.25, -0.2) is 4.21 Å². The van der Waals surface area contributed by atoms with Gasteiger partial charge in [-0.05, 0) is 230 Å². The molecule has 0 bridgehead atoms. The Morgan fingerprint density at radius 2 is 0.813 bits per heavy atom. The van der Waals surface area contributed by atoms with E-state index in [1.165, 1.54) is 83.3 Å². The molecule has 0 amide bonds. The van der Waals surface area contributed by atoms with Crippen molar-refractivity contribution in [3.05, 3.63) is 298 Å². The first-order valence-electron chi connectivity index (χ1n) is 34.5. The molecule has 0 spiro atoms. The van der Waals surface area contributed by atoms with Crippen molar-refractivity contribution in [2.75, 3.05) is 48.7 Å². The van der Waals surface area contributed by atoms with Crippen LogP contribution < -0.4 is 23.7 Å². The lowest BCUT2D eigenvalue weighted by Gasteiger charge is -2.14. The van der Waals surface area contributed by atoms with Crippen molar-refractivity contribution >= 4 is 137 Å². The second kappa shape index (κ2) is 52.4. The Morgan fingerprint density at radius 3 is 1.22 bits per heavy atom. The molecule has 11 nitrogen and oxygen atoms in total. The number of hydrogen-bond acceptors (Lipinski definition) is 9.